The van der Waals surface area contributed by atoms with E-state index in [0.29, 0.717) is 30.2 Å². The fourth-order valence-electron chi connectivity index (χ4n) is 4.08. The minimum Gasteiger partial charge on any atom is -0.454 e. The van der Waals surface area contributed by atoms with Gasteiger partial charge in [-0.15, -0.1) is 0 Å². The van der Waals surface area contributed by atoms with E-state index in [9.17, 15) is 9.59 Å². The van der Waals surface area contributed by atoms with Gasteiger partial charge in [0, 0.05) is 18.3 Å². The van der Waals surface area contributed by atoms with Crippen LogP contribution in [0.5, 0.6) is 11.5 Å². The van der Waals surface area contributed by atoms with Gasteiger partial charge in [-0.2, -0.15) is 0 Å². The van der Waals surface area contributed by atoms with Crippen LogP contribution in [0, 0.1) is 6.92 Å². The molecule has 6 heteroatoms. The molecule has 0 radical (unpaired) electrons. The van der Waals surface area contributed by atoms with E-state index in [-0.39, 0.29) is 25.0 Å². The number of hydrogen-bond donors (Lipinski definition) is 1. The van der Waals surface area contributed by atoms with Gasteiger partial charge in [-0.3, -0.25) is 9.59 Å². The number of fused-ring (bicyclic) bond motifs is 1. The van der Waals surface area contributed by atoms with E-state index >= 15 is 0 Å². The van der Waals surface area contributed by atoms with Crippen molar-refractivity contribution in [1.29, 1.82) is 0 Å². The van der Waals surface area contributed by atoms with E-state index < -0.39 is 5.54 Å². The van der Waals surface area contributed by atoms with Crippen molar-refractivity contribution in [1.82, 2.24) is 4.90 Å². The normalized spacial score (nSPS) is 13.7. The highest BCUT2D eigenvalue weighted by molar-refractivity contribution is 6.00. The predicted molar refractivity (Wildman–Crippen MR) is 132 cm³/mol. The molecule has 3 aromatic rings. The first-order valence-corrected chi connectivity index (χ1v) is 11.5. The Morgan fingerprint density at radius 1 is 0.971 bits per heavy atom. The quantitative estimate of drug-likeness (QED) is 0.510. The predicted octanol–water partition coefficient (Wildman–Crippen LogP) is 5.10. The lowest BCUT2D eigenvalue weighted by Gasteiger charge is -2.40. The Bertz CT molecular complexity index is 1180. The molecule has 0 spiro atoms. The van der Waals surface area contributed by atoms with Crippen LogP contribution in [0.15, 0.2) is 72.8 Å². The van der Waals surface area contributed by atoms with Crippen LogP contribution < -0.4 is 14.8 Å². The molecule has 1 aliphatic heterocycles. The molecule has 0 aliphatic carbocycles. The number of nitrogens with zero attached hydrogens (tertiary/aromatic N) is 1. The van der Waals surface area contributed by atoms with Gasteiger partial charge in [0.05, 0.1) is 6.42 Å². The average molecular weight is 459 g/mol. The summed E-state index contributed by atoms with van der Waals surface area (Å²) in [5, 5.41) is 2.99. The van der Waals surface area contributed by atoms with Crippen molar-refractivity contribution in [2.24, 2.45) is 0 Å². The molecule has 1 aliphatic rings. The number of ether oxygens (including phenoxy) is 2. The zero-order valence-corrected chi connectivity index (χ0v) is 19.8. The van der Waals surface area contributed by atoms with Gasteiger partial charge >= 0.3 is 0 Å². The topological polar surface area (TPSA) is 67.9 Å². The number of aryl methyl sites for hydroxylation is 1. The summed E-state index contributed by atoms with van der Waals surface area (Å²) in [5.41, 5.74) is 2.54. The van der Waals surface area contributed by atoms with Crippen molar-refractivity contribution in [2.75, 3.05) is 12.1 Å². The molecule has 34 heavy (non-hydrogen) atoms. The second-order valence-electron chi connectivity index (χ2n) is 8.72. The number of nitrogens with one attached hydrogen (secondary N) is 1. The Balaban J connectivity index is 1.64. The Morgan fingerprint density at radius 2 is 1.68 bits per heavy atom. The van der Waals surface area contributed by atoms with Crippen molar-refractivity contribution in [2.45, 2.75) is 45.7 Å². The zero-order valence-electron chi connectivity index (χ0n) is 19.8. The minimum atomic E-state index is -1.06. The highest BCUT2D eigenvalue weighted by Crippen LogP contribution is 2.35. The molecule has 3 aromatic carbocycles. The third-order valence-electron chi connectivity index (χ3n) is 6.49. The maximum atomic E-state index is 13.7. The first kappa shape index (κ1) is 23.4. The number of hydrogen-bond acceptors (Lipinski definition) is 4. The van der Waals surface area contributed by atoms with Gasteiger partial charge in [0.1, 0.15) is 5.54 Å². The fraction of sp³-hybridized carbons (Fsp3) is 0.286. The lowest BCUT2D eigenvalue weighted by atomic mass is 9.92. The molecule has 0 bridgehead atoms. The van der Waals surface area contributed by atoms with Crippen LogP contribution in [0.25, 0.3) is 0 Å². The van der Waals surface area contributed by atoms with Crippen LogP contribution in [0.2, 0.25) is 0 Å². The second kappa shape index (κ2) is 10.00. The minimum absolute atomic E-state index is 0.0976. The molecule has 0 saturated carbocycles. The van der Waals surface area contributed by atoms with Crippen molar-refractivity contribution >= 4 is 17.5 Å². The van der Waals surface area contributed by atoms with Gasteiger partial charge in [-0.25, -0.2) is 0 Å². The summed E-state index contributed by atoms with van der Waals surface area (Å²) in [4.78, 5) is 29.0. The molecular formula is C28H30N2O4. The van der Waals surface area contributed by atoms with E-state index in [4.69, 9.17) is 9.47 Å². The molecule has 6 nitrogen and oxygen atoms in total. The Hall–Kier alpha value is -3.80. The molecule has 0 saturated heterocycles. The highest BCUT2D eigenvalue weighted by atomic mass is 16.7. The maximum Gasteiger partial charge on any atom is 0.250 e. The van der Waals surface area contributed by atoms with Crippen molar-refractivity contribution in [3.63, 3.8) is 0 Å². The van der Waals surface area contributed by atoms with Crippen molar-refractivity contribution in [3.05, 3.63) is 89.5 Å². The molecule has 176 valence electrons. The number of rotatable bonds is 8. The summed E-state index contributed by atoms with van der Waals surface area (Å²) in [6, 6.07) is 22.9. The van der Waals surface area contributed by atoms with Gasteiger partial charge in [0.25, 0.3) is 0 Å². The summed E-state index contributed by atoms with van der Waals surface area (Å²) < 4.78 is 10.8. The number of carbonyl (C=O) groups excluding carboxylic acids is 2. The Morgan fingerprint density at radius 3 is 2.41 bits per heavy atom. The molecule has 0 fully saturated rings. The second-order valence-corrected chi connectivity index (χ2v) is 8.72. The highest BCUT2D eigenvalue weighted by Gasteiger charge is 2.41. The van der Waals surface area contributed by atoms with E-state index in [1.54, 1.807) is 23.1 Å². The van der Waals surface area contributed by atoms with Gasteiger partial charge in [-0.1, -0.05) is 61.5 Å². The standard InChI is InChI=1S/C28H30N2O4/c1-4-28(3,27(32)29-23-14-15-24-25(17-23)34-19-33-24)30(18-22-13-9-8-10-20(22)2)26(31)16-21-11-6-5-7-12-21/h5-15,17H,4,16,18-19H2,1-3H3,(H,29,32). The van der Waals surface area contributed by atoms with E-state index in [2.05, 4.69) is 5.32 Å². The average Bonchev–Trinajstić information content (AvgIpc) is 3.31. The molecule has 2 amide bonds. The lowest BCUT2D eigenvalue weighted by Crippen LogP contribution is -2.56. The largest absolute Gasteiger partial charge is 0.454 e. The van der Waals surface area contributed by atoms with Crippen molar-refractivity contribution < 1.29 is 19.1 Å². The zero-order chi connectivity index (χ0) is 24.1. The summed E-state index contributed by atoms with van der Waals surface area (Å²) >= 11 is 0. The van der Waals surface area contributed by atoms with Gasteiger partial charge in [-0.05, 0) is 49.1 Å². The lowest BCUT2D eigenvalue weighted by molar-refractivity contribution is -0.145. The Labute approximate surface area is 200 Å². The first-order valence-electron chi connectivity index (χ1n) is 11.5. The van der Waals surface area contributed by atoms with Gasteiger partial charge in [0.15, 0.2) is 11.5 Å². The molecule has 1 unspecified atom stereocenters. The fourth-order valence-corrected chi connectivity index (χ4v) is 4.08. The molecular weight excluding hydrogens is 428 g/mol. The third-order valence-corrected chi connectivity index (χ3v) is 6.49. The van der Waals surface area contributed by atoms with Crippen LogP contribution in [-0.4, -0.2) is 29.0 Å². The van der Waals surface area contributed by atoms with E-state index in [1.165, 1.54) is 0 Å². The maximum absolute atomic E-state index is 13.7. The smallest absolute Gasteiger partial charge is 0.250 e. The third kappa shape index (κ3) is 4.91. The van der Waals surface area contributed by atoms with Crippen LogP contribution >= 0.6 is 0 Å². The van der Waals surface area contributed by atoms with E-state index in [0.717, 1.165) is 16.7 Å². The summed E-state index contributed by atoms with van der Waals surface area (Å²) in [7, 11) is 0. The summed E-state index contributed by atoms with van der Waals surface area (Å²) in [5.74, 6) is 0.895. The molecule has 1 atom stereocenters. The van der Waals surface area contributed by atoms with Crippen molar-refractivity contribution in [3.8, 4) is 11.5 Å². The first-order chi connectivity index (χ1) is 16.4. The summed E-state index contributed by atoms with van der Waals surface area (Å²) in [6.45, 7) is 6.29. The molecule has 0 aromatic heterocycles. The number of carbonyl (C=O) groups is 2. The molecule has 4 rings (SSSR count). The SMILES string of the molecule is CCC(C)(C(=O)Nc1ccc2c(c1)OCO2)N(Cc1ccccc1C)C(=O)Cc1ccccc1. The number of anilines is 1. The monoisotopic (exact) mass is 458 g/mol. The molecule has 1 heterocycles. The number of amides is 2. The Kier molecular flexibility index (Phi) is 6.87. The van der Waals surface area contributed by atoms with E-state index in [1.807, 2.05) is 75.4 Å². The van der Waals surface area contributed by atoms with Gasteiger partial charge in [0.2, 0.25) is 18.6 Å². The van der Waals surface area contributed by atoms with Crippen LogP contribution in [0.3, 0.4) is 0 Å². The van der Waals surface area contributed by atoms with Crippen LogP contribution in [0.1, 0.15) is 37.0 Å². The van der Waals surface area contributed by atoms with Crippen LogP contribution in [0.4, 0.5) is 5.69 Å². The number of benzene rings is 3. The summed E-state index contributed by atoms with van der Waals surface area (Å²) in [6.07, 6.45) is 0.676. The van der Waals surface area contributed by atoms with Gasteiger partial charge < -0.3 is 19.7 Å². The molecule has 1 N–H and O–H groups in total. The van der Waals surface area contributed by atoms with Crippen LogP contribution in [-0.2, 0) is 22.6 Å².